The number of hydrogen-bond donors (Lipinski definition) is 3. The van der Waals surface area contributed by atoms with Crippen molar-refractivity contribution in [2.45, 2.75) is 32.3 Å². The molecule has 1 aliphatic heterocycles. The fraction of sp³-hybridized carbons (Fsp3) is 0.727. The summed E-state index contributed by atoms with van der Waals surface area (Å²) < 4.78 is 0. The minimum Gasteiger partial charge on any atom is -0.389 e. The van der Waals surface area contributed by atoms with E-state index in [2.05, 4.69) is 25.2 Å². The molecule has 0 amide bonds. The van der Waals surface area contributed by atoms with Crippen LogP contribution in [0.4, 0.5) is 17.8 Å². The van der Waals surface area contributed by atoms with Crippen LogP contribution in [0.2, 0.25) is 0 Å². The fourth-order valence-electron chi connectivity index (χ4n) is 1.81. The third kappa shape index (κ3) is 3.43. The Balaban J connectivity index is 2.10. The van der Waals surface area contributed by atoms with Crippen molar-refractivity contribution in [1.82, 2.24) is 15.0 Å². The first-order valence-electron chi connectivity index (χ1n) is 6.17. The molecule has 2 heterocycles. The Kier molecular flexibility index (Phi) is 3.51. The SMILES string of the molecule is CC(C)(O)CNc1nc(N)nc(N2CCCC2)n1. The quantitative estimate of drug-likeness (QED) is 0.705. The molecule has 2 rings (SSSR count). The topological polar surface area (TPSA) is 100 Å². The fourth-order valence-corrected chi connectivity index (χ4v) is 1.81. The van der Waals surface area contributed by atoms with Gasteiger partial charge >= 0.3 is 0 Å². The molecular formula is C11H20N6O. The molecule has 1 aromatic heterocycles. The summed E-state index contributed by atoms with van der Waals surface area (Å²) in [6, 6.07) is 0. The molecule has 0 aliphatic carbocycles. The van der Waals surface area contributed by atoms with E-state index in [-0.39, 0.29) is 5.95 Å². The lowest BCUT2D eigenvalue weighted by atomic mass is 10.1. The number of nitrogen functional groups attached to an aromatic ring is 1. The summed E-state index contributed by atoms with van der Waals surface area (Å²) in [5.74, 6) is 1.22. The van der Waals surface area contributed by atoms with Gasteiger partial charge in [0.1, 0.15) is 0 Å². The second-order valence-electron chi connectivity index (χ2n) is 5.18. The van der Waals surface area contributed by atoms with Crippen molar-refractivity contribution in [3.63, 3.8) is 0 Å². The van der Waals surface area contributed by atoms with Gasteiger partial charge in [-0.3, -0.25) is 0 Å². The number of aliphatic hydroxyl groups is 1. The summed E-state index contributed by atoms with van der Waals surface area (Å²) in [4.78, 5) is 14.6. The Bertz CT molecular complexity index is 410. The highest BCUT2D eigenvalue weighted by Gasteiger charge is 2.18. The molecule has 0 bridgehead atoms. The average molecular weight is 252 g/mol. The van der Waals surface area contributed by atoms with Crippen molar-refractivity contribution in [3.8, 4) is 0 Å². The maximum atomic E-state index is 9.65. The van der Waals surface area contributed by atoms with Crippen LogP contribution in [0.5, 0.6) is 0 Å². The van der Waals surface area contributed by atoms with Gasteiger partial charge in [0.05, 0.1) is 5.60 Å². The van der Waals surface area contributed by atoms with Gasteiger partial charge in [-0.2, -0.15) is 15.0 Å². The lowest BCUT2D eigenvalue weighted by Gasteiger charge is -2.19. The minimum absolute atomic E-state index is 0.199. The molecule has 0 atom stereocenters. The van der Waals surface area contributed by atoms with E-state index in [1.54, 1.807) is 13.8 Å². The maximum absolute atomic E-state index is 9.65. The van der Waals surface area contributed by atoms with Crippen LogP contribution < -0.4 is 16.0 Å². The standard InChI is InChI=1S/C11H20N6O/c1-11(2,18)7-13-9-14-8(12)15-10(16-9)17-5-3-4-6-17/h18H,3-7H2,1-2H3,(H3,12,13,14,15,16). The Morgan fingerprint density at radius 2 is 1.94 bits per heavy atom. The van der Waals surface area contributed by atoms with Crippen LogP contribution in [-0.2, 0) is 0 Å². The molecule has 1 saturated heterocycles. The second-order valence-corrected chi connectivity index (χ2v) is 5.18. The monoisotopic (exact) mass is 252 g/mol. The smallest absolute Gasteiger partial charge is 0.231 e. The van der Waals surface area contributed by atoms with Gasteiger partial charge in [-0.15, -0.1) is 0 Å². The van der Waals surface area contributed by atoms with Gasteiger partial charge < -0.3 is 21.1 Å². The third-order valence-electron chi connectivity index (χ3n) is 2.71. The van der Waals surface area contributed by atoms with E-state index in [1.807, 2.05) is 0 Å². The molecule has 0 radical (unpaired) electrons. The van der Waals surface area contributed by atoms with Crippen molar-refractivity contribution in [2.24, 2.45) is 0 Å². The number of anilines is 3. The van der Waals surface area contributed by atoms with Crippen molar-refractivity contribution in [3.05, 3.63) is 0 Å². The van der Waals surface area contributed by atoms with Crippen molar-refractivity contribution < 1.29 is 5.11 Å². The Hall–Kier alpha value is -1.63. The van der Waals surface area contributed by atoms with Crippen molar-refractivity contribution >= 4 is 17.8 Å². The summed E-state index contributed by atoms with van der Waals surface area (Å²) in [6.07, 6.45) is 2.30. The molecule has 4 N–H and O–H groups in total. The molecule has 0 saturated carbocycles. The Morgan fingerprint density at radius 1 is 1.28 bits per heavy atom. The highest BCUT2D eigenvalue weighted by atomic mass is 16.3. The summed E-state index contributed by atoms with van der Waals surface area (Å²) >= 11 is 0. The van der Waals surface area contributed by atoms with E-state index in [9.17, 15) is 5.11 Å². The van der Waals surface area contributed by atoms with Crippen molar-refractivity contribution in [2.75, 3.05) is 35.6 Å². The lowest BCUT2D eigenvalue weighted by Crippen LogP contribution is -2.30. The normalized spacial score (nSPS) is 16.1. The Morgan fingerprint density at radius 3 is 2.56 bits per heavy atom. The largest absolute Gasteiger partial charge is 0.389 e. The molecule has 100 valence electrons. The summed E-state index contributed by atoms with van der Waals surface area (Å²) in [5, 5.41) is 12.6. The number of aromatic nitrogens is 3. The zero-order chi connectivity index (χ0) is 13.2. The van der Waals surface area contributed by atoms with E-state index < -0.39 is 5.60 Å². The number of nitrogens with one attached hydrogen (secondary N) is 1. The van der Waals surface area contributed by atoms with Crippen LogP contribution in [0.3, 0.4) is 0 Å². The average Bonchev–Trinajstić information content (AvgIpc) is 2.78. The lowest BCUT2D eigenvalue weighted by molar-refractivity contribution is 0.0943. The molecule has 7 heteroatoms. The zero-order valence-corrected chi connectivity index (χ0v) is 10.8. The molecule has 18 heavy (non-hydrogen) atoms. The van der Waals surface area contributed by atoms with Gasteiger partial charge in [-0.05, 0) is 26.7 Å². The molecule has 0 spiro atoms. The molecule has 1 fully saturated rings. The molecule has 7 nitrogen and oxygen atoms in total. The number of rotatable bonds is 4. The minimum atomic E-state index is -0.824. The number of nitrogens with two attached hydrogens (primary N) is 1. The molecule has 0 aromatic carbocycles. The Labute approximate surface area is 106 Å². The van der Waals surface area contributed by atoms with Gasteiger partial charge in [0, 0.05) is 19.6 Å². The van der Waals surface area contributed by atoms with Gasteiger partial charge in [0.15, 0.2) is 0 Å². The summed E-state index contributed by atoms with van der Waals surface area (Å²) in [5.41, 5.74) is 4.85. The van der Waals surface area contributed by atoms with Crippen LogP contribution in [-0.4, -0.2) is 45.3 Å². The summed E-state index contributed by atoms with van der Waals surface area (Å²) in [7, 11) is 0. The third-order valence-corrected chi connectivity index (χ3v) is 2.71. The van der Waals surface area contributed by atoms with Crippen LogP contribution in [0.1, 0.15) is 26.7 Å². The van der Waals surface area contributed by atoms with E-state index in [4.69, 9.17) is 5.73 Å². The van der Waals surface area contributed by atoms with Gasteiger partial charge in [-0.1, -0.05) is 0 Å². The predicted octanol–water partition coefficient (Wildman–Crippen LogP) is 0.237. The zero-order valence-electron chi connectivity index (χ0n) is 10.8. The number of hydrogen-bond acceptors (Lipinski definition) is 7. The highest BCUT2D eigenvalue weighted by Crippen LogP contribution is 2.17. The second kappa shape index (κ2) is 4.93. The van der Waals surface area contributed by atoms with Gasteiger partial charge in [0.2, 0.25) is 17.8 Å². The predicted molar refractivity (Wildman–Crippen MR) is 70.5 cm³/mol. The first kappa shape index (κ1) is 12.8. The van der Waals surface area contributed by atoms with E-state index in [0.717, 1.165) is 25.9 Å². The van der Waals surface area contributed by atoms with Gasteiger partial charge in [-0.25, -0.2) is 0 Å². The molecule has 1 aliphatic rings. The van der Waals surface area contributed by atoms with E-state index in [1.165, 1.54) is 0 Å². The van der Waals surface area contributed by atoms with Gasteiger partial charge in [0.25, 0.3) is 0 Å². The van der Waals surface area contributed by atoms with Crippen LogP contribution in [0, 0.1) is 0 Å². The van der Waals surface area contributed by atoms with Crippen molar-refractivity contribution in [1.29, 1.82) is 0 Å². The van der Waals surface area contributed by atoms with E-state index in [0.29, 0.717) is 18.4 Å². The molecular weight excluding hydrogens is 232 g/mol. The highest BCUT2D eigenvalue weighted by molar-refractivity contribution is 5.42. The first-order chi connectivity index (χ1) is 8.44. The summed E-state index contributed by atoms with van der Waals surface area (Å²) in [6.45, 7) is 5.69. The van der Waals surface area contributed by atoms with Crippen LogP contribution in [0.15, 0.2) is 0 Å². The van der Waals surface area contributed by atoms with E-state index >= 15 is 0 Å². The first-order valence-corrected chi connectivity index (χ1v) is 6.17. The number of nitrogens with zero attached hydrogens (tertiary/aromatic N) is 4. The van der Waals surface area contributed by atoms with Crippen LogP contribution in [0.25, 0.3) is 0 Å². The maximum Gasteiger partial charge on any atom is 0.231 e. The molecule has 0 unspecified atom stereocenters. The molecule has 1 aromatic rings. The van der Waals surface area contributed by atoms with Crippen LogP contribution >= 0.6 is 0 Å².